The fourth-order valence-corrected chi connectivity index (χ4v) is 10.1. The van der Waals surface area contributed by atoms with Gasteiger partial charge in [0.15, 0.2) is 5.82 Å². The minimum absolute atomic E-state index is 0.283. The van der Waals surface area contributed by atoms with Crippen molar-refractivity contribution in [2.24, 2.45) is 46.3 Å². The average molecular weight is 473 g/mol. The molecule has 0 spiro atoms. The number of aliphatic hydroxyl groups is 1. The van der Waals surface area contributed by atoms with Crippen LogP contribution in [0.3, 0.4) is 0 Å². The Kier molecular flexibility index (Phi) is 6.63. The number of rotatable bonds is 7. The van der Waals surface area contributed by atoms with Gasteiger partial charge >= 0.3 is 0 Å². The Morgan fingerprint density at radius 1 is 1.12 bits per heavy atom. The van der Waals surface area contributed by atoms with Gasteiger partial charge < -0.3 is 9.84 Å². The number of hydrogen-bond acceptors (Lipinski definition) is 5. The van der Waals surface area contributed by atoms with Crippen LogP contribution in [0.15, 0.2) is 0 Å². The van der Waals surface area contributed by atoms with Crippen molar-refractivity contribution in [1.82, 2.24) is 20.2 Å². The van der Waals surface area contributed by atoms with E-state index in [-0.39, 0.29) is 5.41 Å². The first kappa shape index (κ1) is 24.7. The summed E-state index contributed by atoms with van der Waals surface area (Å²) in [6.07, 6.45) is 13.2. The summed E-state index contributed by atoms with van der Waals surface area (Å²) in [6.45, 7) is 10.9. The Bertz CT molecular complexity index is 859. The van der Waals surface area contributed by atoms with Crippen LogP contribution >= 0.6 is 0 Å². The number of aryl methyl sites for hydroxylation is 1. The molecule has 1 unspecified atom stereocenters. The number of hydrogen-bond donors (Lipinski definition) is 1. The Hall–Kier alpha value is -1.01. The summed E-state index contributed by atoms with van der Waals surface area (Å²) in [5, 5.41) is 24.2. The molecule has 1 aromatic rings. The lowest BCUT2D eigenvalue weighted by Gasteiger charge is -2.63. The molecular formula is C28H48N4O2. The Morgan fingerprint density at radius 3 is 2.65 bits per heavy atom. The van der Waals surface area contributed by atoms with Gasteiger partial charge in [-0.05, 0) is 123 Å². The molecule has 1 heterocycles. The molecule has 4 saturated carbocycles. The highest BCUT2D eigenvalue weighted by molar-refractivity contribution is 5.12. The largest absolute Gasteiger partial charge is 0.390 e. The van der Waals surface area contributed by atoms with E-state index in [1.165, 1.54) is 38.5 Å². The molecule has 0 saturated heterocycles. The zero-order chi connectivity index (χ0) is 24.1. The minimum Gasteiger partial charge on any atom is -0.390 e. The standard InChI is InChI=1S/C28H48N4O2/c1-6-12-27(33)14-15-28(18-34-5)21(16-27)7-8-22-24-10-9-23(26(24,4)13-11-25(22)28)19(2)17-32-30-20(3)29-31-32/h19,21-25,33H,6-18H2,1-5H3/t19?,21-,22+,23-,24+,25+,26-,27-,28-/m1/s1. The van der Waals surface area contributed by atoms with Gasteiger partial charge in [0.05, 0.1) is 18.8 Å². The molecule has 5 rings (SSSR count). The van der Waals surface area contributed by atoms with Crippen molar-refractivity contribution in [3.63, 3.8) is 0 Å². The zero-order valence-electron chi connectivity index (χ0n) is 22.3. The molecule has 0 aliphatic heterocycles. The van der Waals surface area contributed by atoms with E-state index in [0.29, 0.717) is 17.3 Å². The Balaban J connectivity index is 1.35. The minimum atomic E-state index is -0.436. The van der Waals surface area contributed by atoms with Crippen molar-refractivity contribution in [2.45, 2.75) is 110 Å². The van der Waals surface area contributed by atoms with Crippen LogP contribution in [0.2, 0.25) is 0 Å². The highest BCUT2D eigenvalue weighted by Gasteiger charge is 2.63. The molecule has 4 aliphatic carbocycles. The van der Waals surface area contributed by atoms with Gasteiger partial charge in [0, 0.05) is 7.11 Å². The smallest absolute Gasteiger partial charge is 0.171 e. The van der Waals surface area contributed by atoms with Crippen LogP contribution in [0.4, 0.5) is 0 Å². The molecule has 4 aliphatic rings. The topological polar surface area (TPSA) is 73.1 Å². The molecule has 0 aromatic carbocycles. The van der Waals surface area contributed by atoms with E-state index < -0.39 is 5.60 Å². The van der Waals surface area contributed by atoms with Crippen LogP contribution in [0.5, 0.6) is 0 Å². The summed E-state index contributed by atoms with van der Waals surface area (Å²) >= 11 is 0. The molecule has 9 atom stereocenters. The normalized spacial score (nSPS) is 44.8. The summed E-state index contributed by atoms with van der Waals surface area (Å²) < 4.78 is 5.98. The molecule has 4 fully saturated rings. The van der Waals surface area contributed by atoms with Crippen LogP contribution in [-0.4, -0.2) is 44.6 Å². The van der Waals surface area contributed by atoms with Crippen molar-refractivity contribution in [3.8, 4) is 0 Å². The molecule has 0 amide bonds. The van der Waals surface area contributed by atoms with Crippen molar-refractivity contribution >= 4 is 0 Å². The predicted octanol–water partition coefficient (Wildman–Crippen LogP) is 5.43. The molecule has 6 nitrogen and oxygen atoms in total. The quantitative estimate of drug-likeness (QED) is 0.572. The van der Waals surface area contributed by atoms with E-state index in [1.807, 2.05) is 18.8 Å². The second-order valence-corrected chi connectivity index (χ2v) is 13.1. The first-order valence-electron chi connectivity index (χ1n) is 14.2. The number of tetrazole rings is 1. The number of fused-ring (bicyclic) bond motifs is 5. The number of nitrogens with zero attached hydrogens (tertiary/aromatic N) is 4. The summed E-state index contributed by atoms with van der Waals surface area (Å²) in [5.74, 6) is 5.12. The molecule has 34 heavy (non-hydrogen) atoms. The van der Waals surface area contributed by atoms with Gasteiger partial charge in [0.25, 0.3) is 0 Å². The third kappa shape index (κ3) is 3.95. The summed E-state index contributed by atoms with van der Waals surface area (Å²) in [5.41, 5.74) is 0.272. The van der Waals surface area contributed by atoms with E-state index in [9.17, 15) is 5.11 Å². The zero-order valence-corrected chi connectivity index (χ0v) is 22.3. The fourth-order valence-electron chi connectivity index (χ4n) is 10.1. The van der Waals surface area contributed by atoms with E-state index in [4.69, 9.17) is 4.74 Å². The number of aromatic nitrogens is 4. The molecule has 0 radical (unpaired) electrons. The first-order valence-corrected chi connectivity index (χ1v) is 14.2. The summed E-state index contributed by atoms with van der Waals surface area (Å²) in [7, 11) is 1.91. The molecule has 1 N–H and O–H groups in total. The van der Waals surface area contributed by atoms with Crippen LogP contribution in [0.25, 0.3) is 0 Å². The van der Waals surface area contributed by atoms with E-state index in [1.54, 1.807) is 0 Å². The summed E-state index contributed by atoms with van der Waals surface area (Å²) in [6, 6.07) is 0. The predicted molar refractivity (Wildman–Crippen MR) is 133 cm³/mol. The lowest BCUT2D eigenvalue weighted by atomic mass is 9.43. The van der Waals surface area contributed by atoms with Gasteiger partial charge in [-0.15, -0.1) is 10.2 Å². The Morgan fingerprint density at radius 2 is 1.94 bits per heavy atom. The maximum Gasteiger partial charge on any atom is 0.171 e. The maximum absolute atomic E-state index is 11.3. The van der Waals surface area contributed by atoms with Crippen LogP contribution in [-0.2, 0) is 11.3 Å². The average Bonchev–Trinajstić information content (AvgIpc) is 3.36. The number of methoxy groups -OCH3 is 1. The van der Waals surface area contributed by atoms with Gasteiger partial charge in [0.2, 0.25) is 0 Å². The van der Waals surface area contributed by atoms with Crippen molar-refractivity contribution < 1.29 is 9.84 Å². The van der Waals surface area contributed by atoms with Gasteiger partial charge in [-0.3, -0.25) is 0 Å². The SMILES string of the molecule is CCC[C@@]1(O)CC[C@@]2(COC)[C@H](CC[C@H]3[C@@H]4CC[C@H](C(C)Cn5nnc(C)n5)[C@@]4(C)CC[C@@H]32)C1. The van der Waals surface area contributed by atoms with E-state index >= 15 is 0 Å². The van der Waals surface area contributed by atoms with E-state index in [0.717, 1.165) is 74.8 Å². The monoisotopic (exact) mass is 472 g/mol. The van der Waals surface area contributed by atoms with Gasteiger partial charge in [-0.1, -0.05) is 27.2 Å². The highest BCUT2D eigenvalue weighted by atomic mass is 16.5. The van der Waals surface area contributed by atoms with Crippen LogP contribution in [0.1, 0.15) is 97.2 Å². The fraction of sp³-hybridized carbons (Fsp3) is 0.964. The van der Waals surface area contributed by atoms with Crippen LogP contribution in [0, 0.1) is 53.3 Å². The molecule has 0 bridgehead atoms. The van der Waals surface area contributed by atoms with Gasteiger partial charge in [-0.2, -0.15) is 4.80 Å². The molecule has 6 heteroatoms. The lowest BCUT2D eigenvalue weighted by Crippen LogP contribution is -2.58. The van der Waals surface area contributed by atoms with E-state index in [2.05, 4.69) is 36.2 Å². The van der Waals surface area contributed by atoms with Crippen molar-refractivity contribution in [1.29, 1.82) is 0 Å². The van der Waals surface area contributed by atoms with Gasteiger partial charge in [-0.25, -0.2) is 0 Å². The number of ether oxygens (including phenoxy) is 1. The maximum atomic E-state index is 11.3. The highest BCUT2D eigenvalue weighted by Crippen LogP contribution is 2.69. The van der Waals surface area contributed by atoms with Gasteiger partial charge in [0.1, 0.15) is 0 Å². The second kappa shape index (κ2) is 9.14. The first-order chi connectivity index (χ1) is 16.2. The molecule has 1 aromatic heterocycles. The lowest BCUT2D eigenvalue weighted by molar-refractivity contribution is -0.180. The third-order valence-corrected chi connectivity index (χ3v) is 11.4. The Labute approximate surface area is 206 Å². The molecule has 192 valence electrons. The second-order valence-electron chi connectivity index (χ2n) is 13.1. The summed E-state index contributed by atoms with van der Waals surface area (Å²) in [4.78, 5) is 1.82. The molecular weight excluding hydrogens is 424 g/mol. The third-order valence-electron chi connectivity index (χ3n) is 11.4. The van der Waals surface area contributed by atoms with Crippen molar-refractivity contribution in [3.05, 3.63) is 5.82 Å². The van der Waals surface area contributed by atoms with Crippen LogP contribution < -0.4 is 0 Å². The van der Waals surface area contributed by atoms with Crippen molar-refractivity contribution in [2.75, 3.05) is 13.7 Å².